The molecule has 4 heteroatoms. The third-order valence-electron chi connectivity index (χ3n) is 5.09. The second kappa shape index (κ2) is 6.78. The molecule has 3 rings (SSSR count). The van der Waals surface area contributed by atoms with Crippen LogP contribution in [0.15, 0.2) is 24.3 Å². The van der Waals surface area contributed by atoms with Gasteiger partial charge in [-0.2, -0.15) is 0 Å². The Morgan fingerprint density at radius 3 is 3.00 bits per heavy atom. The second-order valence-electron chi connectivity index (χ2n) is 6.69. The quantitative estimate of drug-likeness (QED) is 0.927. The van der Waals surface area contributed by atoms with E-state index in [4.69, 9.17) is 0 Å². The van der Waals surface area contributed by atoms with Crippen LogP contribution >= 0.6 is 0 Å². The molecule has 2 aliphatic rings. The van der Waals surface area contributed by atoms with Crippen molar-refractivity contribution in [3.8, 4) is 0 Å². The van der Waals surface area contributed by atoms with Gasteiger partial charge in [-0.1, -0.05) is 19.1 Å². The molecule has 0 spiro atoms. The molecule has 0 aromatic heterocycles. The van der Waals surface area contributed by atoms with Gasteiger partial charge in [0.2, 0.25) is 5.91 Å². The number of halogens is 1. The standard InChI is InChI=1S/C18H25FN2O/c1-13(5-6-14-3-2-4-15(19)11-14)18(22)21-16-7-8-17(21)12-20-10-9-16/h2-4,11,13,16-17,20H,5-10,12H2,1H3. The predicted molar refractivity (Wildman–Crippen MR) is 85.0 cm³/mol. The summed E-state index contributed by atoms with van der Waals surface area (Å²) in [6.45, 7) is 3.96. The van der Waals surface area contributed by atoms with Gasteiger partial charge < -0.3 is 10.2 Å². The van der Waals surface area contributed by atoms with Gasteiger partial charge in [-0.05, 0) is 56.3 Å². The number of benzene rings is 1. The molecule has 1 N–H and O–H groups in total. The maximum absolute atomic E-state index is 13.2. The highest BCUT2D eigenvalue weighted by Crippen LogP contribution is 2.30. The normalized spacial score (nSPS) is 25.8. The number of rotatable bonds is 4. The van der Waals surface area contributed by atoms with E-state index in [0.29, 0.717) is 12.1 Å². The smallest absolute Gasteiger partial charge is 0.225 e. The van der Waals surface area contributed by atoms with Crippen LogP contribution in [0.4, 0.5) is 4.39 Å². The van der Waals surface area contributed by atoms with E-state index in [-0.39, 0.29) is 17.6 Å². The largest absolute Gasteiger partial charge is 0.335 e. The van der Waals surface area contributed by atoms with Gasteiger partial charge in [0.15, 0.2) is 0 Å². The highest BCUT2D eigenvalue weighted by atomic mass is 19.1. The average Bonchev–Trinajstić information content (AvgIpc) is 2.77. The minimum absolute atomic E-state index is 0.00414. The first-order valence-corrected chi connectivity index (χ1v) is 8.42. The SMILES string of the molecule is CC(CCc1cccc(F)c1)C(=O)N1C2CCNCC1CC2. The molecule has 0 radical (unpaired) electrons. The van der Waals surface area contributed by atoms with Crippen molar-refractivity contribution >= 4 is 5.91 Å². The molecule has 0 aliphatic carbocycles. The molecule has 1 aromatic carbocycles. The molecule has 0 saturated carbocycles. The van der Waals surface area contributed by atoms with E-state index >= 15 is 0 Å². The van der Waals surface area contributed by atoms with Crippen molar-refractivity contribution in [2.75, 3.05) is 13.1 Å². The Kier molecular flexibility index (Phi) is 4.77. The Hall–Kier alpha value is -1.42. The van der Waals surface area contributed by atoms with Gasteiger partial charge >= 0.3 is 0 Å². The third-order valence-corrected chi connectivity index (χ3v) is 5.09. The Morgan fingerprint density at radius 2 is 2.18 bits per heavy atom. The molecule has 2 bridgehead atoms. The minimum atomic E-state index is -0.201. The molecule has 3 nitrogen and oxygen atoms in total. The molecule has 3 unspecified atom stereocenters. The van der Waals surface area contributed by atoms with Crippen LogP contribution in [0.25, 0.3) is 0 Å². The first-order chi connectivity index (χ1) is 10.6. The number of carbonyl (C=O) groups excluding carboxylic acids is 1. The van der Waals surface area contributed by atoms with E-state index in [2.05, 4.69) is 10.2 Å². The van der Waals surface area contributed by atoms with Gasteiger partial charge in [-0.3, -0.25) is 4.79 Å². The van der Waals surface area contributed by atoms with Gasteiger partial charge in [0.25, 0.3) is 0 Å². The lowest BCUT2D eigenvalue weighted by atomic mass is 9.99. The number of hydrogen-bond acceptors (Lipinski definition) is 2. The van der Waals surface area contributed by atoms with Crippen molar-refractivity contribution in [3.63, 3.8) is 0 Å². The van der Waals surface area contributed by atoms with Crippen molar-refractivity contribution < 1.29 is 9.18 Å². The van der Waals surface area contributed by atoms with Gasteiger partial charge in [-0.25, -0.2) is 4.39 Å². The first kappa shape index (κ1) is 15.5. The molecule has 2 saturated heterocycles. The Balaban J connectivity index is 1.59. The summed E-state index contributed by atoms with van der Waals surface area (Å²) in [5.41, 5.74) is 0.972. The number of amides is 1. The summed E-state index contributed by atoms with van der Waals surface area (Å²) in [6.07, 6.45) is 4.88. The lowest BCUT2D eigenvalue weighted by Gasteiger charge is -2.30. The summed E-state index contributed by atoms with van der Waals surface area (Å²) in [4.78, 5) is 15.0. The van der Waals surface area contributed by atoms with E-state index < -0.39 is 0 Å². The Labute approximate surface area is 131 Å². The zero-order valence-electron chi connectivity index (χ0n) is 13.2. The fourth-order valence-electron chi connectivity index (χ4n) is 3.80. The van der Waals surface area contributed by atoms with Crippen LogP contribution in [0.1, 0.15) is 38.2 Å². The summed E-state index contributed by atoms with van der Waals surface area (Å²) >= 11 is 0. The maximum atomic E-state index is 13.2. The number of nitrogens with zero attached hydrogens (tertiary/aromatic N) is 1. The fourth-order valence-corrected chi connectivity index (χ4v) is 3.80. The summed E-state index contributed by atoms with van der Waals surface area (Å²) < 4.78 is 13.2. The molecule has 22 heavy (non-hydrogen) atoms. The third kappa shape index (κ3) is 3.32. The van der Waals surface area contributed by atoms with Crippen LogP contribution in [-0.4, -0.2) is 36.0 Å². The number of aryl methyl sites for hydroxylation is 1. The summed E-state index contributed by atoms with van der Waals surface area (Å²) in [5.74, 6) is 0.0881. The number of fused-ring (bicyclic) bond motifs is 2. The van der Waals surface area contributed by atoms with Gasteiger partial charge in [0.05, 0.1) is 0 Å². The zero-order valence-corrected chi connectivity index (χ0v) is 13.2. The van der Waals surface area contributed by atoms with Gasteiger partial charge in [-0.15, -0.1) is 0 Å². The summed E-state index contributed by atoms with van der Waals surface area (Å²) in [6, 6.07) is 7.48. The molecule has 2 aliphatic heterocycles. The summed E-state index contributed by atoms with van der Waals surface area (Å²) in [7, 11) is 0. The lowest BCUT2D eigenvalue weighted by Crippen LogP contribution is -2.45. The highest BCUT2D eigenvalue weighted by Gasteiger charge is 2.39. The first-order valence-electron chi connectivity index (χ1n) is 8.42. The van der Waals surface area contributed by atoms with Crippen molar-refractivity contribution in [2.24, 2.45) is 5.92 Å². The topological polar surface area (TPSA) is 32.3 Å². The van der Waals surface area contributed by atoms with E-state index in [1.54, 1.807) is 12.1 Å². The molecule has 1 amide bonds. The monoisotopic (exact) mass is 304 g/mol. The fraction of sp³-hybridized carbons (Fsp3) is 0.611. The van der Waals surface area contributed by atoms with E-state index in [0.717, 1.165) is 50.8 Å². The van der Waals surface area contributed by atoms with E-state index in [1.807, 2.05) is 13.0 Å². The maximum Gasteiger partial charge on any atom is 0.225 e. The molecule has 1 aromatic rings. The Morgan fingerprint density at radius 1 is 1.36 bits per heavy atom. The van der Waals surface area contributed by atoms with Crippen LogP contribution in [0.2, 0.25) is 0 Å². The average molecular weight is 304 g/mol. The molecule has 2 heterocycles. The second-order valence-corrected chi connectivity index (χ2v) is 6.69. The van der Waals surface area contributed by atoms with E-state index in [9.17, 15) is 9.18 Å². The van der Waals surface area contributed by atoms with E-state index in [1.165, 1.54) is 6.07 Å². The zero-order chi connectivity index (χ0) is 15.5. The van der Waals surface area contributed by atoms with Crippen molar-refractivity contribution in [1.29, 1.82) is 0 Å². The van der Waals surface area contributed by atoms with Gasteiger partial charge in [0, 0.05) is 24.5 Å². The van der Waals surface area contributed by atoms with Crippen molar-refractivity contribution in [1.82, 2.24) is 10.2 Å². The number of carbonyl (C=O) groups is 1. The van der Waals surface area contributed by atoms with Gasteiger partial charge in [0.1, 0.15) is 5.82 Å². The molecule has 120 valence electrons. The predicted octanol–water partition coefficient (Wildman–Crippen LogP) is 2.75. The van der Waals surface area contributed by atoms with Crippen molar-refractivity contribution in [3.05, 3.63) is 35.6 Å². The lowest BCUT2D eigenvalue weighted by molar-refractivity contribution is -0.137. The number of hydrogen-bond donors (Lipinski definition) is 1. The Bertz CT molecular complexity index is 520. The van der Waals surface area contributed by atoms with Crippen LogP contribution in [0.5, 0.6) is 0 Å². The van der Waals surface area contributed by atoms with Crippen LogP contribution < -0.4 is 5.32 Å². The van der Waals surface area contributed by atoms with Crippen molar-refractivity contribution in [2.45, 2.75) is 51.1 Å². The summed E-state index contributed by atoms with van der Waals surface area (Å²) in [5, 5.41) is 3.43. The minimum Gasteiger partial charge on any atom is -0.335 e. The van der Waals surface area contributed by atoms with Crippen LogP contribution in [-0.2, 0) is 11.2 Å². The highest BCUT2D eigenvalue weighted by molar-refractivity contribution is 5.79. The molecule has 2 fully saturated rings. The van der Waals surface area contributed by atoms with Crippen LogP contribution in [0, 0.1) is 11.7 Å². The molecular weight excluding hydrogens is 279 g/mol. The molecular formula is C18H25FN2O. The molecule has 3 atom stereocenters. The van der Waals surface area contributed by atoms with Crippen LogP contribution in [0.3, 0.4) is 0 Å². The number of nitrogens with one attached hydrogen (secondary N) is 1.